The number of para-hydroxylation sites is 1. The first-order valence-electron chi connectivity index (χ1n) is 3.34. The Morgan fingerprint density at radius 1 is 1.27 bits per heavy atom. The third kappa shape index (κ3) is 0.741. The first-order valence-corrected chi connectivity index (χ1v) is 3.34. The number of fused-ring (bicyclic) bond motifs is 1. The Bertz CT molecular complexity index is 392. The second-order valence-electron chi connectivity index (χ2n) is 2.45. The molecule has 1 aromatic heterocycles. The van der Waals surface area contributed by atoms with Crippen LogP contribution in [0.5, 0.6) is 0 Å². The zero-order valence-corrected chi connectivity index (χ0v) is 5.86. The van der Waals surface area contributed by atoms with E-state index in [4.69, 9.17) is 5.73 Å². The molecular formula is C8H8N2O. The van der Waals surface area contributed by atoms with Crippen LogP contribution in [0, 0.1) is 0 Å². The Morgan fingerprint density at radius 3 is 2.82 bits per heavy atom. The normalized spacial score (nSPS) is 10.5. The molecule has 56 valence electrons. The molecule has 0 unspecified atom stereocenters. The minimum Gasteiger partial charge on any atom is -0.428 e. The molecule has 0 aliphatic heterocycles. The lowest BCUT2D eigenvalue weighted by Crippen LogP contribution is -1.92. The average Bonchev–Trinajstić information content (AvgIpc) is 2.34. The summed E-state index contributed by atoms with van der Waals surface area (Å²) in [6.07, 6.45) is 1.57. The van der Waals surface area contributed by atoms with Crippen molar-refractivity contribution in [2.75, 3.05) is 5.73 Å². The number of hydrogen-bond donors (Lipinski definition) is 2. The van der Waals surface area contributed by atoms with E-state index < -0.39 is 0 Å². The van der Waals surface area contributed by atoms with Gasteiger partial charge in [-0.15, -0.1) is 0 Å². The van der Waals surface area contributed by atoms with Gasteiger partial charge in [-0.25, -0.2) is 0 Å². The van der Waals surface area contributed by atoms with E-state index in [2.05, 4.69) is 0 Å². The Kier molecular flexibility index (Phi) is 1.06. The summed E-state index contributed by atoms with van der Waals surface area (Å²) in [5, 5.41) is 10.2. The molecular weight excluding hydrogens is 140 g/mol. The summed E-state index contributed by atoms with van der Waals surface area (Å²) in [5.74, 6) is 0. The van der Waals surface area contributed by atoms with Gasteiger partial charge in [-0.1, -0.05) is 12.1 Å². The highest BCUT2D eigenvalue weighted by molar-refractivity contribution is 5.90. The zero-order valence-electron chi connectivity index (χ0n) is 5.86. The standard InChI is InChI=1S/C8H8N2O/c9-7-3-1-2-6-4-5-10(11)8(6)7/h1-5,11H,9H2. The maximum atomic E-state index is 9.23. The molecule has 2 rings (SSSR count). The first-order chi connectivity index (χ1) is 5.29. The molecule has 0 bridgehead atoms. The molecule has 0 saturated carbocycles. The van der Waals surface area contributed by atoms with Gasteiger partial charge in [0.15, 0.2) is 0 Å². The Labute approximate surface area is 63.6 Å². The van der Waals surface area contributed by atoms with E-state index in [1.165, 1.54) is 0 Å². The van der Waals surface area contributed by atoms with E-state index in [0.29, 0.717) is 11.2 Å². The SMILES string of the molecule is Nc1cccc2ccn(O)c12. The summed E-state index contributed by atoms with van der Waals surface area (Å²) in [5.41, 5.74) is 6.89. The number of hydrogen-bond acceptors (Lipinski definition) is 2. The van der Waals surface area contributed by atoms with Crippen LogP contribution in [0.4, 0.5) is 5.69 Å². The third-order valence-corrected chi connectivity index (χ3v) is 1.72. The van der Waals surface area contributed by atoms with Gasteiger partial charge in [0.2, 0.25) is 0 Å². The highest BCUT2D eigenvalue weighted by Crippen LogP contribution is 2.20. The van der Waals surface area contributed by atoms with Crippen LogP contribution >= 0.6 is 0 Å². The van der Waals surface area contributed by atoms with Crippen LogP contribution in [-0.4, -0.2) is 9.94 Å². The molecule has 2 aromatic rings. The Hall–Kier alpha value is -1.64. The first kappa shape index (κ1) is 6.09. The van der Waals surface area contributed by atoms with Crippen molar-refractivity contribution in [3.63, 3.8) is 0 Å². The molecule has 0 atom stereocenters. The summed E-state index contributed by atoms with van der Waals surface area (Å²) in [4.78, 5) is 0. The van der Waals surface area contributed by atoms with Gasteiger partial charge in [0.05, 0.1) is 5.69 Å². The molecule has 0 aliphatic rings. The fraction of sp³-hybridized carbons (Fsp3) is 0. The maximum absolute atomic E-state index is 9.23. The zero-order chi connectivity index (χ0) is 7.84. The fourth-order valence-electron chi connectivity index (χ4n) is 1.20. The maximum Gasteiger partial charge on any atom is 0.109 e. The van der Waals surface area contributed by atoms with Crippen molar-refractivity contribution in [1.29, 1.82) is 0 Å². The lowest BCUT2D eigenvalue weighted by molar-refractivity contribution is 0.200. The predicted octanol–water partition coefficient (Wildman–Crippen LogP) is 1.46. The van der Waals surface area contributed by atoms with Gasteiger partial charge in [0, 0.05) is 11.6 Å². The van der Waals surface area contributed by atoms with Gasteiger partial charge in [0.1, 0.15) is 5.52 Å². The molecule has 0 radical (unpaired) electrons. The van der Waals surface area contributed by atoms with Crippen LogP contribution in [0.3, 0.4) is 0 Å². The number of nitrogens with zero attached hydrogens (tertiary/aromatic N) is 1. The molecule has 0 aliphatic carbocycles. The molecule has 0 fully saturated rings. The van der Waals surface area contributed by atoms with Crippen molar-refractivity contribution in [3.05, 3.63) is 30.5 Å². The highest BCUT2D eigenvalue weighted by atomic mass is 16.5. The number of nitrogens with two attached hydrogens (primary N) is 1. The summed E-state index contributed by atoms with van der Waals surface area (Å²) < 4.78 is 1.03. The van der Waals surface area contributed by atoms with E-state index in [-0.39, 0.29) is 0 Å². The van der Waals surface area contributed by atoms with E-state index in [0.717, 1.165) is 10.1 Å². The van der Waals surface area contributed by atoms with Gasteiger partial charge in [-0.2, -0.15) is 4.73 Å². The average molecular weight is 148 g/mol. The van der Waals surface area contributed by atoms with Crippen molar-refractivity contribution in [2.24, 2.45) is 0 Å². The molecule has 3 nitrogen and oxygen atoms in total. The van der Waals surface area contributed by atoms with Crippen LogP contribution in [0.2, 0.25) is 0 Å². The largest absolute Gasteiger partial charge is 0.428 e. The van der Waals surface area contributed by atoms with Crippen LogP contribution in [0.1, 0.15) is 0 Å². The smallest absolute Gasteiger partial charge is 0.109 e. The number of benzene rings is 1. The van der Waals surface area contributed by atoms with Crippen LogP contribution in [0.15, 0.2) is 30.5 Å². The van der Waals surface area contributed by atoms with Crippen molar-refractivity contribution in [2.45, 2.75) is 0 Å². The molecule has 1 heterocycles. The topological polar surface area (TPSA) is 51.2 Å². The van der Waals surface area contributed by atoms with E-state index >= 15 is 0 Å². The number of rotatable bonds is 0. The Balaban J connectivity index is 2.96. The van der Waals surface area contributed by atoms with Gasteiger partial charge in [-0.3, -0.25) is 0 Å². The van der Waals surface area contributed by atoms with Crippen molar-refractivity contribution in [1.82, 2.24) is 4.73 Å². The number of anilines is 1. The lowest BCUT2D eigenvalue weighted by atomic mass is 10.2. The molecule has 0 amide bonds. The van der Waals surface area contributed by atoms with Gasteiger partial charge in [0.25, 0.3) is 0 Å². The van der Waals surface area contributed by atoms with Gasteiger partial charge >= 0.3 is 0 Å². The summed E-state index contributed by atoms with van der Waals surface area (Å²) in [6, 6.07) is 7.33. The van der Waals surface area contributed by atoms with Crippen molar-refractivity contribution < 1.29 is 5.21 Å². The Morgan fingerprint density at radius 2 is 2.09 bits per heavy atom. The van der Waals surface area contributed by atoms with Gasteiger partial charge < -0.3 is 10.9 Å². The monoisotopic (exact) mass is 148 g/mol. The van der Waals surface area contributed by atoms with Crippen LogP contribution < -0.4 is 5.73 Å². The van der Waals surface area contributed by atoms with Crippen LogP contribution in [0.25, 0.3) is 10.9 Å². The number of aromatic nitrogens is 1. The molecule has 1 aromatic carbocycles. The predicted molar refractivity (Wildman–Crippen MR) is 43.5 cm³/mol. The van der Waals surface area contributed by atoms with E-state index in [1.807, 2.05) is 18.2 Å². The van der Waals surface area contributed by atoms with E-state index in [1.54, 1.807) is 12.3 Å². The molecule has 3 heteroatoms. The third-order valence-electron chi connectivity index (χ3n) is 1.72. The molecule has 3 N–H and O–H groups in total. The van der Waals surface area contributed by atoms with Crippen molar-refractivity contribution in [3.8, 4) is 0 Å². The summed E-state index contributed by atoms with van der Waals surface area (Å²) in [7, 11) is 0. The van der Waals surface area contributed by atoms with Gasteiger partial charge in [-0.05, 0) is 12.1 Å². The lowest BCUT2D eigenvalue weighted by Gasteiger charge is -1.97. The fourth-order valence-corrected chi connectivity index (χ4v) is 1.20. The summed E-state index contributed by atoms with van der Waals surface area (Å²) >= 11 is 0. The molecule has 0 saturated heterocycles. The minimum atomic E-state index is 0.593. The number of nitrogen functional groups attached to an aromatic ring is 1. The minimum absolute atomic E-state index is 0.593. The quantitative estimate of drug-likeness (QED) is 0.439. The van der Waals surface area contributed by atoms with E-state index in [9.17, 15) is 5.21 Å². The second kappa shape index (κ2) is 1.92. The molecule has 11 heavy (non-hydrogen) atoms. The second-order valence-corrected chi connectivity index (χ2v) is 2.45. The highest BCUT2D eigenvalue weighted by Gasteiger charge is 2.00. The van der Waals surface area contributed by atoms with Crippen LogP contribution in [-0.2, 0) is 0 Å². The van der Waals surface area contributed by atoms with Crippen molar-refractivity contribution >= 4 is 16.6 Å². The molecule has 0 spiro atoms. The summed E-state index contributed by atoms with van der Waals surface area (Å²) in [6.45, 7) is 0.